The lowest BCUT2D eigenvalue weighted by Crippen LogP contribution is -1.97. The van der Waals surface area contributed by atoms with Crippen LogP contribution in [0.2, 0.25) is 5.02 Å². The predicted molar refractivity (Wildman–Crippen MR) is 96.2 cm³/mol. The number of nitrogens with zero attached hydrogens (tertiary/aromatic N) is 2. The molecule has 1 aromatic heterocycles. The number of ether oxygens (including phenoxy) is 2. The van der Waals surface area contributed by atoms with Gasteiger partial charge in [-0.25, -0.2) is 9.97 Å². The molecule has 6 heteroatoms. The van der Waals surface area contributed by atoms with Crippen molar-refractivity contribution in [3.8, 4) is 11.5 Å². The van der Waals surface area contributed by atoms with E-state index in [1.807, 2.05) is 36.4 Å². The summed E-state index contributed by atoms with van der Waals surface area (Å²) in [4.78, 5) is 8.71. The van der Waals surface area contributed by atoms with E-state index < -0.39 is 0 Å². The molecule has 0 saturated heterocycles. The van der Waals surface area contributed by atoms with E-state index in [4.69, 9.17) is 21.1 Å². The van der Waals surface area contributed by atoms with E-state index in [1.165, 1.54) is 0 Å². The number of fused-ring (bicyclic) bond motifs is 2. The average molecular weight is 359 g/mol. The molecule has 0 fully saturated rings. The van der Waals surface area contributed by atoms with Crippen LogP contribution in [0.1, 0.15) is 12.0 Å². The minimum atomic E-state index is 0.595. The highest BCUT2D eigenvalue weighted by atomic mass is 35.5. The third-order valence-electron chi connectivity index (χ3n) is 3.74. The van der Waals surface area contributed by atoms with Crippen molar-refractivity contribution in [3.05, 3.63) is 53.3 Å². The zero-order chi connectivity index (χ0) is 16.4. The monoisotopic (exact) mass is 358 g/mol. The molecular weight excluding hydrogens is 344 g/mol. The topological polar surface area (TPSA) is 44.2 Å². The second-order valence-electron chi connectivity index (χ2n) is 5.44. The number of benzene rings is 2. The van der Waals surface area contributed by atoms with Gasteiger partial charge in [0.1, 0.15) is 11.4 Å². The average Bonchev–Trinajstić information content (AvgIpc) is 2.86. The molecule has 0 unspecified atom stereocenters. The maximum Gasteiger partial charge on any atom is 0.179 e. The van der Waals surface area contributed by atoms with Gasteiger partial charge in [-0.1, -0.05) is 29.8 Å². The van der Waals surface area contributed by atoms with Gasteiger partial charge in [-0.2, -0.15) is 0 Å². The van der Waals surface area contributed by atoms with Gasteiger partial charge in [-0.3, -0.25) is 0 Å². The number of para-hydroxylation sites is 1. The van der Waals surface area contributed by atoms with Crippen LogP contribution in [0.15, 0.2) is 47.8 Å². The number of hydrogen-bond acceptors (Lipinski definition) is 5. The zero-order valence-corrected chi connectivity index (χ0v) is 14.4. The van der Waals surface area contributed by atoms with Crippen molar-refractivity contribution in [1.29, 1.82) is 0 Å². The molecule has 0 atom stereocenters. The molecule has 3 aromatic rings. The normalized spacial score (nSPS) is 13.7. The lowest BCUT2D eigenvalue weighted by atomic mass is 10.2. The van der Waals surface area contributed by atoms with E-state index in [1.54, 1.807) is 18.1 Å². The summed E-state index contributed by atoms with van der Waals surface area (Å²) in [5.74, 6) is 2.12. The van der Waals surface area contributed by atoms with E-state index in [0.717, 1.165) is 39.4 Å². The highest BCUT2D eigenvalue weighted by molar-refractivity contribution is 7.98. The summed E-state index contributed by atoms with van der Waals surface area (Å²) in [6.07, 6.45) is 2.47. The maximum atomic E-state index is 6.36. The third kappa shape index (κ3) is 3.14. The Balaban J connectivity index is 1.59. The van der Waals surface area contributed by atoms with Gasteiger partial charge in [0.25, 0.3) is 0 Å². The summed E-state index contributed by atoms with van der Waals surface area (Å²) < 4.78 is 11.4. The first kappa shape index (κ1) is 15.5. The van der Waals surface area contributed by atoms with Gasteiger partial charge in [-0.05, 0) is 23.8 Å². The van der Waals surface area contributed by atoms with Crippen LogP contribution in [-0.2, 0) is 5.75 Å². The largest absolute Gasteiger partial charge is 0.489 e. The highest BCUT2D eigenvalue weighted by Crippen LogP contribution is 2.39. The van der Waals surface area contributed by atoms with E-state index in [2.05, 4.69) is 9.97 Å². The predicted octanol–water partition coefficient (Wildman–Crippen LogP) is 4.74. The molecule has 0 aliphatic carbocycles. The van der Waals surface area contributed by atoms with Crippen molar-refractivity contribution in [2.45, 2.75) is 17.2 Å². The molecule has 1 aliphatic rings. The van der Waals surface area contributed by atoms with Gasteiger partial charge in [0.05, 0.1) is 23.8 Å². The van der Waals surface area contributed by atoms with Crippen LogP contribution in [0.25, 0.3) is 10.9 Å². The van der Waals surface area contributed by atoms with Crippen LogP contribution < -0.4 is 9.47 Å². The van der Waals surface area contributed by atoms with Crippen molar-refractivity contribution in [1.82, 2.24) is 9.97 Å². The molecule has 0 saturated carbocycles. The van der Waals surface area contributed by atoms with Crippen molar-refractivity contribution in [3.63, 3.8) is 0 Å². The number of hydrogen-bond donors (Lipinski definition) is 0. The molecule has 24 heavy (non-hydrogen) atoms. The SMILES string of the molecule is Clc1cc(CSc2ncnc3ccccc23)cc2c1OCCCO2. The molecule has 2 heterocycles. The Hall–Kier alpha value is -1.98. The molecule has 0 amide bonds. The minimum absolute atomic E-state index is 0.595. The van der Waals surface area contributed by atoms with Crippen LogP contribution in [0, 0.1) is 0 Å². The number of rotatable bonds is 3. The Kier molecular flexibility index (Phi) is 4.45. The van der Waals surface area contributed by atoms with Gasteiger partial charge in [0.15, 0.2) is 11.5 Å². The standard InChI is InChI=1S/C18H15ClN2O2S/c19-14-8-12(9-16-17(14)23-7-3-6-22-16)10-24-18-13-4-1-2-5-15(13)20-11-21-18/h1-2,4-5,8-9,11H,3,6-7,10H2. The first-order valence-corrected chi connectivity index (χ1v) is 9.08. The lowest BCUT2D eigenvalue weighted by molar-refractivity contribution is 0.297. The summed E-state index contributed by atoms with van der Waals surface area (Å²) >= 11 is 8.02. The summed E-state index contributed by atoms with van der Waals surface area (Å²) in [6, 6.07) is 12.0. The molecule has 0 radical (unpaired) electrons. The quantitative estimate of drug-likeness (QED) is 0.500. The molecule has 2 aromatic carbocycles. The fourth-order valence-corrected chi connectivity index (χ4v) is 3.82. The molecule has 1 aliphatic heterocycles. The highest BCUT2D eigenvalue weighted by Gasteiger charge is 2.16. The zero-order valence-electron chi connectivity index (χ0n) is 12.9. The van der Waals surface area contributed by atoms with Crippen molar-refractivity contribution in [2.24, 2.45) is 0 Å². The van der Waals surface area contributed by atoms with Gasteiger partial charge in [0, 0.05) is 17.6 Å². The first-order valence-electron chi connectivity index (χ1n) is 7.72. The molecule has 4 nitrogen and oxygen atoms in total. The van der Waals surface area contributed by atoms with Crippen molar-refractivity contribution in [2.75, 3.05) is 13.2 Å². The van der Waals surface area contributed by atoms with E-state index >= 15 is 0 Å². The minimum Gasteiger partial charge on any atom is -0.489 e. The van der Waals surface area contributed by atoms with Crippen molar-refractivity contribution >= 4 is 34.3 Å². The Bertz CT molecular complexity index is 883. The number of aromatic nitrogens is 2. The van der Waals surface area contributed by atoms with Crippen LogP contribution in [0.3, 0.4) is 0 Å². The third-order valence-corrected chi connectivity index (χ3v) is 5.10. The first-order chi connectivity index (χ1) is 11.8. The Morgan fingerprint density at radius 2 is 1.96 bits per heavy atom. The van der Waals surface area contributed by atoms with E-state index in [0.29, 0.717) is 24.0 Å². The van der Waals surface area contributed by atoms with Gasteiger partial charge in [0.2, 0.25) is 0 Å². The van der Waals surface area contributed by atoms with Gasteiger partial charge >= 0.3 is 0 Å². The number of thioether (sulfide) groups is 1. The van der Waals surface area contributed by atoms with Crippen LogP contribution in [0.5, 0.6) is 11.5 Å². The molecule has 0 bridgehead atoms. The second kappa shape index (κ2) is 6.87. The number of halogens is 1. The van der Waals surface area contributed by atoms with Crippen LogP contribution >= 0.6 is 23.4 Å². The maximum absolute atomic E-state index is 6.36. The van der Waals surface area contributed by atoms with Crippen LogP contribution in [-0.4, -0.2) is 23.2 Å². The van der Waals surface area contributed by atoms with E-state index in [-0.39, 0.29) is 0 Å². The Morgan fingerprint density at radius 3 is 2.92 bits per heavy atom. The lowest BCUT2D eigenvalue weighted by Gasteiger charge is -2.11. The summed E-state index contributed by atoms with van der Waals surface area (Å²) in [7, 11) is 0. The summed E-state index contributed by atoms with van der Waals surface area (Å²) in [5, 5.41) is 2.62. The molecule has 4 rings (SSSR count). The summed E-state index contributed by atoms with van der Waals surface area (Å²) in [6.45, 7) is 1.28. The second-order valence-corrected chi connectivity index (χ2v) is 6.81. The van der Waals surface area contributed by atoms with Crippen molar-refractivity contribution < 1.29 is 9.47 Å². The smallest absolute Gasteiger partial charge is 0.179 e. The van der Waals surface area contributed by atoms with E-state index in [9.17, 15) is 0 Å². The fourth-order valence-electron chi connectivity index (χ4n) is 2.61. The molecular formula is C18H15ClN2O2S. The summed E-state index contributed by atoms with van der Waals surface area (Å²) in [5.41, 5.74) is 2.03. The van der Waals surface area contributed by atoms with Gasteiger partial charge in [-0.15, -0.1) is 11.8 Å². The molecule has 0 spiro atoms. The van der Waals surface area contributed by atoms with Gasteiger partial charge < -0.3 is 9.47 Å². The fraction of sp³-hybridized carbons (Fsp3) is 0.222. The molecule has 0 N–H and O–H groups in total. The Morgan fingerprint density at radius 1 is 1.08 bits per heavy atom. The van der Waals surface area contributed by atoms with Crippen LogP contribution in [0.4, 0.5) is 0 Å². The molecule has 122 valence electrons. The Labute approximate surface area is 149 Å².